The number of ether oxygens (including phenoxy) is 2. The maximum Gasteiger partial charge on any atom is 0.407 e. The minimum absolute atomic E-state index is 0.0400. The summed E-state index contributed by atoms with van der Waals surface area (Å²) in [5.74, 6) is -0.770. The van der Waals surface area contributed by atoms with Gasteiger partial charge in [0.25, 0.3) is 0 Å². The van der Waals surface area contributed by atoms with Crippen LogP contribution in [0.2, 0.25) is 0 Å². The Morgan fingerprint density at radius 3 is 2.27 bits per heavy atom. The zero-order chi connectivity index (χ0) is 21.3. The molecule has 6 heteroatoms. The first-order valence-corrected chi connectivity index (χ1v) is 10.3. The first-order valence-electron chi connectivity index (χ1n) is 10.3. The van der Waals surface area contributed by atoms with Crippen LogP contribution in [0, 0.1) is 5.92 Å². The molecule has 0 saturated carbocycles. The van der Waals surface area contributed by atoms with E-state index in [0.717, 1.165) is 22.3 Å². The van der Waals surface area contributed by atoms with Crippen LogP contribution in [0.15, 0.2) is 48.5 Å². The highest BCUT2D eigenvalue weighted by Crippen LogP contribution is 2.44. The third-order valence-corrected chi connectivity index (χ3v) is 6.11. The molecule has 158 valence electrons. The number of amides is 1. The van der Waals surface area contributed by atoms with Crippen LogP contribution < -0.4 is 5.32 Å². The number of carboxylic acid groups (broad SMARTS) is 1. The third kappa shape index (κ3) is 3.92. The van der Waals surface area contributed by atoms with Crippen LogP contribution in [0.1, 0.15) is 43.7 Å². The number of hydrogen-bond donors (Lipinski definition) is 2. The molecule has 1 heterocycles. The Kier molecular flexibility index (Phi) is 5.52. The quantitative estimate of drug-likeness (QED) is 0.748. The maximum atomic E-state index is 12.7. The molecule has 2 aliphatic rings. The highest BCUT2D eigenvalue weighted by molar-refractivity contribution is 5.79. The van der Waals surface area contributed by atoms with Gasteiger partial charge in [0, 0.05) is 5.92 Å². The topological polar surface area (TPSA) is 84.9 Å². The van der Waals surface area contributed by atoms with Crippen molar-refractivity contribution < 1.29 is 24.2 Å². The molecule has 1 aliphatic heterocycles. The van der Waals surface area contributed by atoms with Gasteiger partial charge in [-0.2, -0.15) is 0 Å². The van der Waals surface area contributed by atoms with Crippen molar-refractivity contribution in [3.63, 3.8) is 0 Å². The SMILES string of the molecule is CC(C)C1CC(CC(=O)O)(NC(=O)OCC2c3ccccc3-c3ccccc32)CO1. The van der Waals surface area contributed by atoms with Crippen molar-refractivity contribution in [2.75, 3.05) is 13.2 Å². The number of nitrogens with one attached hydrogen (secondary N) is 1. The fourth-order valence-corrected chi connectivity index (χ4v) is 4.59. The van der Waals surface area contributed by atoms with Gasteiger partial charge in [-0.05, 0) is 34.6 Å². The number of benzene rings is 2. The van der Waals surface area contributed by atoms with E-state index in [4.69, 9.17) is 9.47 Å². The lowest BCUT2D eigenvalue weighted by Crippen LogP contribution is -2.51. The van der Waals surface area contributed by atoms with E-state index in [9.17, 15) is 14.7 Å². The summed E-state index contributed by atoms with van der Waals surface area (Å²) in [6.45, 7) is 4.41. The molecule has 0 radical (unpaired) electrons. The van der Waals surface area contributed by atoms with Gasteiger partial charge < -0.3 is 19.9 Å². The number of aliphatic carboxylic acids is 1. The van der Waals surface area contributed by atoms with Crippen molar-refractivity contribution in [2.45, 2.75) is 44.2 Å². The van der Waals surface area contributed by atoms with Crippen LogP contribution >= 0.6 is 0 Å². The predicted octanol–water partition coefficient (Wildman–Crippen LogP) is 4.18. The minimum Gasteiger partial charge on any atom is -0.481 e. The van der Waals surface area contributed by atoms with Gasteiger partial charge in [0.15, 0.2) is 0 Å². The zero-order valence-electron chi connectivity index (χ0n) is 17.3. The van der Waals surface area contributed by atoms with E-state index in [-0.39, 0.29) is 37.6 Å². The molecular formula is C24H27NO5. The van der Waals surface area contributed by atoms with Gasteiger partial charge in [-0.3, -0.25) is 4.79 Å². The summed E-state index contributed by atoms with van der Waals surface area (Å²) in [6, 6.07) is 16.3. The first-order chi connectivity index (χ1) is 14.4. The predicted molar refractivity (Wildman–Crippen MR) is 112 cm³/mol. The van der Waals surface area contributed by atoms with E-state index >= 15 is 0 Å². The Morgan fingerprint density at radius 2 is 1.73 bits per heavy atom. The lowest BCUT2D eigenvalue weighted by atomic mass is 9.89. The second-order valence-electron chi connectivity index (χ2n) is 8.60. The summed E-state index contributed by atoms with van der Waals surface area (Å²) in [4.78, 5) is 24.1. The van der Waals surface area contributed by atoms with Crippen molar-refractivity contribution >= 4 is 12.1 Å². The normalized spacial score (nSPS) is 22.6. The van der Waals surface area contributed by atoms with E-state index in [1.807, 2.05) is 38.1 Å². The number of carbonyl (C=O) groups excluding carboxylic acids is 1. The zero-order valence-corrected chi connectivity index (χ0v) is 17.3. The summed E-state index contributed by atoms with van der Waals surface area (Å²) < 4.78 is 11.4. The summed E-state index contributed by atoms with van der Waals surface area (Å²) in [7, 11) is 0. The summed E-state index contributed by atoms with van der Waals surface area (Å²) in [5, 5.41) is 12.2. The van der Waals surface area contributed by atoms with Crippen LogP contribution in [-0.4, -0.2) is 42.0 Å². The molecule has 1 fully saturated rings. The molecule has 0 spiro atoms. The largest absolute Gasteiger partial charge is 0.481 e. The smallest absolute Gasteiger partial charge is 0.407 e. The Balaban J connectivity index is 1.46. The minimum atomic E-state index is -0.970. The molecule has 1 amide bonds. The molecule has 0 bridgehead atoms. The molecule has 6 nitrogen and oxygen atoms in total. The van der Waals surface area contributed by atoms with Crippen LogP contribution in [0.25, 0.3) is 11.1 Å². The van der Waals surface area contributed by atoms with Gasteiger partial charge in [-0.15, -0.1) is 0 Å². The summed E-state index contributed by atoms with van der Waals surface area (Å²) in [5.41, 5.74) is 3.65. The fourth-order valence-electron chi connectivity index (χ4n) is 4.59. The van der Waals surface area contributed by atoms with Crippen LogP contribution in [-0.2, 0) is 14.3 Å². The fraction of sp³-hybridized carbons (Fsp3) is 0.417. The maximum absolute atomic E-state index is 12.7. The molecule has 2 aromatic rings. The summed E-state index contributed by atoms with van der Waals surface area (Å²) >= 11 is 0. The summed E-state index contributed by atoms with van der Waals surface area (Å²) in [6.07, 6.45) is -0.425. The highest BCUT2D eigenvalue weighted by Gasteiger charge is 2.44. The van der Waals surface area contributed by atoms with Crippen LogP contribution in [0.4, 0.5) is 4.79 Å². The Hall–Kier alpha value is -2.86. The monoisotopic (exact) mass is 409 g/mol. The Labute approximate surface area is 176 Å². The van der Waals surface area contributed by atoms with Gasteiger partial charge in [0.2, 0.25) is 0 Å². The van der Waals surface area contributed by atoms with Gasteiger partial charge in [-0.1, -0.05) is 62.4 Å². The van der Waals surface area contributed by atoms with E-state index in [1.165, 1.54) is 0 Å². The average molecular weight is 409 g/mol. The van der Waals surface area contributed by atoms with Gasteiger partial charge in [-0.25, -0.2) is 4.79 Å². The molecule has 0 aromatic heterocycles. The first kappa shape index (κ1) is 20.4. The number of carboxylic acids is 1. The lowest BCUT2D eigenvalue weighted by Gasteiger charge is -2.27. The molecule has 2 N–H and O–H groups in total. The molecule has 2 aromatic carbocycles. The number of rotatable bonds is 6. The second kappa shape index (κ2) is 8.11. The number of carbonyl (C=O) groups is 2. The van der Waals surface area contributed by atoms with E-state index in [2.05, 4.69) is 29.6 Å². The van der Waals surface area contributed by atoms with Gasteiger partial charge >= 0.3 is 12.1 Å². The molecule has 1 aliphatic carbocycles. The molecule has 2 unspecified atom stereocenters. The van der Waals surface area contributed by atoms with Gasteiger partial charge in [0.1, 0.15) is 6.61 Å². The van der Waals surface area contributed by atoms with E-state index in [1.54, 1.807) is 0 Å². The Morgan fingerprint density at radius 1 is 1.13 bits per heavy atom. The van der Waals surface area contributed by atoms with Crippen molar-refractivity contribution in [1.82, 2.24) is 5.32 Å². The van der Waals surface area contributed by atoms with Crippen LogP contribution in [0.5, 0.6) is 0 Å². The van der Waals surface area contributed by atoms with Crippen molar-refractivity contribution in [3.05, 3.63) is 59.7 Å². The lowest BCUT2D eigenvalue weighted by molar-refractivity contribution is -0.138. The van der Waals surface area contributed by atoms with Crippen molar-refractivity contribution in [1.29, 1.82) is 0 Å². The standard InChI is InChI=1S/C24H27NO5/c1-15(2)21-11-24(14-30-21,12-22(26)27)25-23(28)29-13-20-18-9-5-3-7-16(18)17-8-4-6-10-19(17)20/h3-10,15,20-21H,11-14H2,1-2H3,(H,25,28)(H,26,27). The Bertz CT molecular complexity index is 911. The number of alkyl carbamates (subject to hydrolysis) is 1. The van der Waals surface area contributed by atoms with Crippen LogP contribution in [0.3, 0.4) is 0 Å². The molecule has 30 heavy (non-hydrogen) atoms. The molecule has 1 saturated heterocycles. The van der Waals surface area contributed by atoms with E-state index in [0.29, 0.717) is 6.42 Å². The third-order valence-electron chi connectivity index (χ3n) is 6.11. The van der Waals surface area contributed by atoms with Gasteiger partial charge in [0.05, 0.1) is 24.7 Å². The number of fused-ring (bicyclic) bond motifs is 3. The average Bonchev–Trinajstić information content (AvgIpc) is 3.25. The van der Waals surface area contributed by atoms with E-state index < -0.39 is 17.6 Å². The molecular weight excluding hydrogens is 382 g/mol. The second-order valence-corrected chi connectivity index (χ2v) is 8.60. The molecule has 2 atom stereocenters. The highest BCUT2D eigenvalue weighted by atomic mass is 16.6. The van der Waals surface area contributed by atoms with Crippen molar-refractivity contribution in [3.8, 4) is 11.1 Å². The molecule has 4 rings (SSSR count). The van der Waals surface area contributed by atoms with Crippen molar-refractivity contribution in [2.24, 2.45) is 5.92 Å². The number of hydrogen-bond acceptors (Lipinski definition) is 4.